The van der Waals surface area contributed by atoms with Gasteiger partial charge in [0.1, 0.15) is 11.6 Å². The molecule has 0 aliphatic heterocycles. The standard InChI is InChI=1S/C53H55N5/c1-38-18-17-19-41(34-38)30-31-45(42-20-7-4-8-21-42)36-52(55)58-51-29-16-14-27-48(51)40(3)53(58)57-37-39(2)47-26-13-15-28-50(47)56-33-32-46(43-22-9-5-10-23-43)35-49(54)44-24-11-6-12-25-44/h4-5,7,9-11,13-17,19-20,22-29,31-32,34-38,56H,2,6,8,12,18,21,30,33,54-55H2,1,3H3/b45-31+,46-32+,49-35-,52-36+,57-37-. The van der Waals surface area contributed by atoms with Gasteiger partial charge < -0.3 is 16.8 Å². The van der Waals surface area contributed by atoms with E-state index < -0.39 is 0 Å². The molecule has 0 saturated carbocycles. The molecule has 0 amide bonds. The van der Waals surface area contributed by atoms with Gasteiger partial charge in [-0.1, -0.05) is 147 Å². The van der Waals surface area contributed by atoms with Crippen molar-refractivity contribution in [3.8, 4) is 0 Å². The molecule has 3 aliphatic rings. The maximum atomic E-state index is 7.13. The zero-order valence-electron chi connectivity index (χ0n) is 33.9. The van der Waals surface area contributed by atoms with Gasteiger partial charge >= 0.3 is 0 Å². The number of aliphatic imine (C=N–C) groups is 1. The van der Waals surface area contributed by atoms with Crippen LogP contribution in [0.5, 0.6) is 0 Å². The summed E-state index contributed by atoms with van der Waals surface area (Å²) in [5.41, 5.74) is 26.3. The molecule has 0 saturated heterocycles. The number of fused-ring (bicyclic) bond motifs is 1. The number of nitrogens with one attached hydrogen (secondary N) is 1. The number of nitrogens with two attached hydrogens (primary N) is 2. The van der Waals surface area contributed by atoms with Gasteiger partial charge in [-0.25, -0.2) is 4.99 Å². The zero-order chi connectivity index (χ0) is 40.3. The van der Waals surface area contributed by atoms with Crippen LogP contribution in [0, 0.1) is 12.8 Å². The number of aromatic nitrogens is 1. The summed E-state index contributed by atoms with van der Waals surface area (Å²) in [5, 5.41) is 4.76. The highest BCUT2D eigenvalue weighted by molar-refractivity contribution is 6.12. The zero-order valence-corrected chi connectivity index (χ0v) is 33.9. The lowest BCUT2D eigenvalue weighted by atomic mass is 9.92. The van der Waals surface area contributed by atoms with Crippen LogP contribution < -0.4 is 16.8 Å². The number of para-hydroxylation sites is 2. The van der Waals surface area contributed by atoms with Crippen molar-refractivity contribution in [1.29, 1.82) is 0 Å². The third kappa shape index (κ3) is 9.67. The first-order valence-electron chi connectivity index (χ1n) is 20.5. The van der Waals surface area contributed by atoms with Gasteiger partial charge in [-0.3, -0.25) is 4.57 Å². The average Bonchev–Trinajstić information content (AvgIpc) is 3.55. The van der Waals surface area contributed by atoms with Crippen molar-refractivity contribution in [3.63, 3.8) is 0 Å². The summed E-state index contributed by atoms with van der Waals surface area (Å²) >= 11 is 0. The van der Waals surface area contributed by atoms with E-state index >= 15 is 0 Å². The largest absolute Gasteiger partial charge is 0.398 e. The molecule has 1 heterocycles. The van der Waals surface area contributed by atoms with Gasteiger partial charge in [0, 0.05) is 40.7 Å². The SMILES string of the molecule is C=C(/C=N\c1c(C)c2ccccc2n1/C(N)=C/C(=C\CC1=CC(C)CC=C1)C1=CC=CCC1)c1ccccc1NC/C=C(\C=C(/N)C1=CCCC=C1)c1ccccc1. The Morgan fingerprint density at radius 3 is 2.48 bits per heavy atom. The minimum absolute atomic E-state index is 0.556. The van der Waals surface area contributed by atoms with E-state index in [4.69, 9.17) is 16.5 Å². The number of hydrogen-bond donors (Lipinski definition) is 3. The predicted octanol–water partition coefficient (Wildman–Crippen LogP) is 12.9. The third-order valence-corrected chi connectivity index (χ3v) is 10.9. The van der Waals surface area contributed by atoms with Crippen molar-refractivity contribution < 1.29 is 0 Å². The highest BCUT2D eigenvalue weighted by atomic mass is 15.1. The van der Waals surface area contributed by atoms with Crippen LogP contribution in [-0.2, 0) is 0 Å². The molecule has 292 valence electrons. The molecular weight excluding hydrogens is 707 g/mol. The molecule has 4 aromatic rings. The second kappa shape index (κ2) is 19.0. The molecule has 0 spiro atoms. The second-order valence-electron chi connectivity index (χ2n) is 15.2. The Labute approximate surface area is 344 Å². The van der Waals surface area contributed by atoms with Gasteiger partial charge in [-0.05, 0) is 115 Å². The van der Waals surface area contributed by atoms with Crippen molar-refractivity contribution in [2.24, 2.45) is 22.4 Å². The lowest BCUT2D eigenvalue weighted by molar-refractivity contribution is 0.726. The van der Waals surface area contributed by atoms with Crippen LogP contribution in [0.4, 0.5) is 11.5 Å². The lowest BCUT2D eigenvalue weighted by Gasteiger charge is -2.15. The van der Waals surface area contributed by atoms with Crippen LogP contribution in [0.25, 0.3) is 27.9 Å². The molecule has 1 atom stereocenters. The molecule has 58 heavy (non-hydrogen) atoms. The van der Waals surface area contributed by atoms with Gasteiger partial charge in [-0.2, -0.15) is 0 Å². The summed E-state index contributed by atoms with van der Waals surface area (Å²) in [7, 11) is 0. The minimum atomic E-state index is 0.556. The van der Waals surface area contributed by atoms with Crippen LogP contribution >= 0.6 is 0 Å². The number of nitrogens with zero attached hydrogens (tertiary/aromatic N) is 2. The van der Waals surface area contributed by atoms with Crippen molar-refractivity contribution in [3.05, 3.63) is 209 Å². The van der Waals surface area contributed by atoms with E-state index in [-0.39, 0.29) is 0 Å². The fraction of sp³-hybridized carbons (Fsp3) is 0.189. The van der Waals surface area contributed by atoms with Crippen molar-refractivity contribution >= 4 is 45.6 Å². The van der Waals surface area contributed by atoms with Crippen LogP contribution in [0.3, 0.4) is 0 Å². The Morgan fingerprint density at radius 2 is 1.69 bits per heavy atom. The summed E-state index contributed by atoms with van der Waals surface area (Å²) in [6.45, 7) is 9.47. The van der Waals surface area contributed by atoms with E-state index in [2.05, 4.69) is 170 Å². The Bertz CT molecular complexity index is 2500. The van der Waals surface area contributed by atoms with Gasteiger partial charge in [-0.15, -0.1) is 0 Å². The summed E-state index contributed by atoms with van der Waals surface area (Å²) in [6.07, 6.45) is 36.6. The van der Waals surface area contributed by atoms with Crippen molar-refractivity contribution in [1.82, 2.24) is 4.57 Å². The molecule has 5 nitrogen and oxygen atoms in total. The van der Waals surface area contributed by atoms with E-state index in [0.29, 0.717) is 18.3 Å². The number of allylic oxidation sites excluding steroid dienone is 17. The highest BCUT2D eigenvalue weighted by Crippen LogP contribution is 2.35. The molecule has 7 rings (SSSR count). The molecule has 1 unspecified atom stereocenters. The highest BCUT2D eigenvalue weighted by Gasteiger charge is 2.17. The smallest absolute Gasteiger partial charge is 0.142 e. The first-order valence-corrected chi connectivity index (χ1v) is 20.5. The molecule has 5 N–H and O–H groups in total. The topological polar surface area (TPSA) is 81.4 Å². The van der Waals surface area contributed by atoms with Crippen LogP contribution in [0.15, 0.2) is 197 Å². The maximum absolute atomic E-state index is 7.13. The normalized spacial score (nSPS) is 17.8. The Balaban J connectivity index is 1.17. The lowest BCUT2D eigenvalue weighted by Crippen LogP contribution is -2.07. The summed E-state index contributed by atoms with van der Waals surface area (Å²) in [6, 6.07) is 27.0. The Hall–Kier alpha value is -6.59. The fourth-order valence-corrected chi connectivity index (χ4v) is 7.81. The second-order valence-corrected chi connectivity index (χ2v) is 15.2. The molecule has 0 fully saturated rings. The molecule has 3 aliphatic carbocycles. The molecule has 1 aromatic heterocycles. The quantitative estimate of drug-likeness (QED) is 0.0884. The molecule has 0 bridgehead atoms. The Morgan fingerprint density at radius 1 is 0.879 bits per heavy atom. The molecule has 0 radical (unpaired) electrons. The summed E-state index contributed by atoms with van der Waals surface area (Å²) in [5.74, 6) is 1.96. The monoisotopic (exact) mass is 761 g/mol. The minimum Gasteiger partial charge on any atom is -0.398 e. The van der Waals surface area contributed by atoms with E-state index in [0.717, 1.165) is 106 Å². The molecular formula is C53H55N5. The van der Waals surface area contributed by atoms with E-state index in [1.807, 2.05) is 24.4 Å². The first kappa shape index (κ1) is 39.6. The Kier molecular flexibility index (Phi) is 13.0. The van der Waals surface area contributed by atoms with Crippen LogP contribution in [-0.4, -0.2) is 17.3 Å². The van der Waals surface area contributed by atoms with Crippen LogP contribution in [0.2, 0.25) is 0 Å². The fourth-order valence-electron chi connectivity index (χ4n) is 7.81. The van der Waals surface area contributed by atoms with Crippen molar-refractivity contribution in [2.45, 2.75) is 52.4 Å². The van der Waals surface area contributed by atoms with Gasteiger partial charge in [0.15, 0.2) is 0 Å². The van der Waals surface area contributed by atoms with Gasteiger partial charge in [0.2, 0.25) is 0 Å². The number of rotatable bonds is 14. The molecule has 5 heteroatoms. The maximum Gasteiger partial charge on any atom is 0.142 e. The predicted molar refractivity (Wildman–Crippen MR) is 251 cm³/mol. The summed E-state index contributed by atoms with van der Waals surface area (Å²) in [4.78, 5) is 5.14. The summed E-state index contributed by atoms with van der Waals surface area (Å²) < 4.78 is 2.09. The number of aryl methyl sites for hydroxylation is 1. The van der Waals surface area contributed by atoms with Crippen LogP contribution in [0.1, 0.15) is 62.1 Å². The third-order valence-electron chi connectivity index (χ3n) is 10.9. The molecule has 3 aromatic carbocycles. The van der Waals surface area contributed by atoms with Gasteiger partial charge in [0.25, 0.3) is 0 Å². The number of benzene rings is 3. The van der Waals surface area contributed by atoms with E-state index in [1.54, 1.807) is 0 Å². The van der Waals surface area contributed by atoms with Crippen molar-refractivity contribution in [2.75, 3.05) is 11.9 Å². The average molecular weight is 762 g/mol. The number of hydrogen-bond acceptors (Lipinski definition) is 4. The van der Waals surface area contributed by atoms with E-state index in [1.165, 1.54) is 11.1 Å². The van der Waals surface area contributed by atoms with Gasteiger partial charge in [0.05, 0.1) is 5.52 Å². The van der Waals surface area contributed by atoms with E-state index in [9.17, 15) is 0 Å². The first-order chi connectivity index (χ1) is 28.4. The number of anilines is 1.